The summed E-state index contributed by atoms with van der Waals surface area (Å²) in [5.41, 5.74) is -0.983. The lowest BCUT2D eigenvalue weighted by molar-refractivity contribution is -0.146. The largest absolute Gasteiger partial charge is 0.481 e. The number of hydrogen-bond donors (Lipinski definition) is 2. The van der Waals surface area contributed by atoms with Gasteiger partial charge in [-0.3, -0.25) is 4.79 Å². The van der Waals surface area contributed by atoms with Gasteiger partial charge in [0.1, 0.15) is 0 Å². The Balaban J connectivity index is 2.11. The number of rotatable bonds is 4. The number of carboxylic acids is 1. The van der Waals surface area contributed by atoms with Crippen molar-refractivity contribution in [1.82, 2.24) is 4.90 Å². The SMILES string of the molecule is CC1(C(=O)O)CCN(C(=O)Nc2ccc(Cl)cc2OC(F)F)C1. The number of carboxylic acid groups (broad SMARTS) is 1. The van der Waals surface area contributed by atoms with Gasteiger partial charge in [0.05, 0.1) is 11.1 Å². The van der Waals surface area contributed by atoms with Crippen molar-refractivity contribution in [1.29, 1.82) is 0 Å². The second kappa shape index (κ2) is 6.57. The van der Waals surface area contributed by atoms with Crippen molar-refractivity contribution in [2.45, 2.75) is 20.0 Å². The zero-order valence-corrected chi connectivity index (χ0v) is 12.9. The minimum atomic E-state index is -3.06. The Hall–Kier alpha value is -2.09. The maximum Gasteiger partial charge on any atom is 0.387 e. The van der Waals surface area contributed by atoms with E-state index >= 15 is 0 Å². The fourth-order valence-electron chi connectivity index (χ4n) is 2.30. The van der Waals surface area contributed by atoms with Gasteiger partial charge in [0.25, 0.3) is 0 Å². The van der Waals surface area contributed by atoms with Crippen molar-refractivity contribution in [3.63, 3.8) is 0 Å². The second-order valence-corrected chi connectivity index (χ2v) is 5.92. The zero-order valence-electron chi connectivity index (χ0n) is 12.2. The maximum absolute atomic E-state index is 12.4. The van der Waals surface area contributed by atoms with E-state index < -0.39 is 24.0 Å². The van der Waals surface area contributed by atoms with Crippen LogP contribution in [0.15, 0.2) is 18.2 Å². The maximum atomic E-state index is 12.4. The third-order valence-corrected chi connectivity index (χ3v) is 3.91. The molecule has 0 spiro atoms. The predicted molar refractivity (Wildman–Crippen MR) is 79.0 cm³/mol. The molecule has 1 heterocycles. The number of anilines is 1. The first-order valence-corrected chi connectivity index (χ1v) is 7.13. The molecule has 0 radical (unpaired) electrons. The molecule has 0 bridgehead atoms. The van der Waals surface area contributed by atoms with Crippen LogP contribution in [-0.2, 0) is 4.79 Å². The molecule has 1 fully saturated rings. The number of hydrogen-bond acceptors (Lipinski definition) is 3. The number of nitrogens with zero attached hydrogens (tertiary/aromatic N) is 1. The monoisotopic (exact) mass is 348 g/mol. The van der Waals surface area contributed by atoms with Gasteiger partial charge >= 0.3 is 18.6 Å². The molecule has 9 heteroatoms. The molecule has 1 saturated heterocycles. The number of ether oxygens (including phenoxy) is 1. The van der Waals surface area contributed by atoms with Gasteiger partial charge in [0, 0.05) is 24.2 Å². The topological polar surface area (TPSA) is 78.9 Å². The molecular weight excluding hydrogens is 334 g/mol. The summed E-state index contributed by atoms with van der Waals surface area (Å²) in [6.07, 6.45) is 0.316. The smallest absolute Gasteiger partial charge is 0.387 e. The van der Waals surface area contributed by atoms with E-state index in [1.54, 1.807) is 6.92 Å². The van der Waals surface area contributed by atoms with Crippen molar-refractivity contribution in [3.05, 3.63) is 23.2 Å². The molecule has 2 rings (SSSR count). The quantitative estimate of drug-likeness (QED) is 0.875. The first-order valence-electron chi connectivity index (χ1n) is 6.75. The van der Waals surface area contributed by atoms with Crippen LogP contribution in [0.1, 0.15) is 13.3 Å². The summed E-state index contributed by atoms with van der Waals surface area (Å²) < 4.78 is 29.1. The first kappa shape index (κ1) is 17.3. The van der Waals surface area contributed by atoms with Crippen LogP contribution in [0.25, 0.3) is 0 Å². The Morgan fingerprint density at radius 2 is 2.17 bits per heavy atom. The fourth-order valence-corrected chi connectivity index (χ4v) is 2.46. The molecule has 23 heavy (non-hydrogen) atoms. The summed E-state index contributed by atoms with van der Waals surface area (Å²) in [5.74, 6) is -1.25. The predicted octanol–water partition coefficient (Wildman–Crippen LogP) is 3.27. The van der Waals surface area contributed by atoms with Crippen LogP contribution in [-0.4, -0.2) is 41.7 Å². The lowest BCUT2D eigenvalue weighted by Crippen LogP contribution is -2.37. The summed E-state index contributed by atoms with van der Waals surface area (Å²) in [6, 6.07) is 3.33. The van der Waals surface area contributed by atoms with Gasteiger partial charge in [0.2, 0.25) is 0 Å². The number of amides is 2. The Morgan fingerprint density at radius 1 is 1.48 bits per heavy atom. The molecule has 2 N–H and O–H groups in total. The molecule has 1 unspecified atom stereocenters. The number of likely N-dealkylation sites (tertiary alicyclic amines) is 1. The van der Waals surface area contributed by atoms with E-state index in [1.807, 2.05) is 0 Å². The normalized spacial score (nSPS) is 20.7. The molecule has 1 atom stereocenters. The number of nitrogens with one attached hydrogen (secondary N) is 1. The molecule has 1 aromatic carbocycles. The van der Waals surface area contributed by atoms with Crippen molar-refractivity contribution >= 4 is 29.3 Å². The van der Waals surface area contributed by atoms with Gasteiger partial charge in [-0.2, -0.15) is 8.78 Å². The van der Waals surface area contributed by atoms with Crippen molar-refractivity contribution < 1.29 is 28.2 Å². The molecule has 126 valence electrons. The second-order valence-electron chi connectivity index (χ2n) is 5.49. The van der Waals surface area contributed by atoms with Crippen LogP contribution in [0.4, 0.5) is 19.3 Å². The Kier molecular flexibility index (Phi) is 4.93. The van der Waals surface area contributed by atoms with Gasteiger partial charge in [-0.25, -0.2) is 4.79 Å². The summed E-state index contributed by atoms with van der Waals surface area (Å²) in [4.78, 5) is 24.7. The van der Waals surface area contributed by atoms with Gasteiger partial charge in [0.15, 0.2) is 5.75 Å². The Labute approximate surface area is 136 Å². The fraction of sp³-hybridized carbons (Fsp3) is 0.429. The summed E-state index contributed by atoms with van der Waals surface area (Å²) in [5, 5.41) is 11.8. The lowest BCUT2D eigenvalue weighted by Gasteiger charge is -2.21. The highest BCUT2D eigenvalue weighted by atomic mass is 35.5. The van der Waals surface area contributed by atoms with E-state index in [2.05, 4.69) is 10.1 Å². The van der Waals surface area contributed by atoms with Crippen molar-refractivity contribution in [2.75, 3.05) is 18.4 Å². The van der Waals surface area contributed by atoms with E-state index in [9.17, 15) is 18.4 Å². The molecule has 1 aromatic rings. The van der Waals surface area contributed by atoms with Gasteiger partial charge < -0.3 is 20.1 Å². The lowest BCUT2D eigenvalue weighted by atomic mass is 9.90. The van der Waals surface area contributed by atoms with Gasteiger partial charge in [-0.05, 0) is 25.5 Å². The Morgan fingerprint density at radius 3 is 2.74 bits per heavy atom. The van der Waals surface area contributed by atoms with Crippen LogP contribution < -0.4 is 10.1 Å². The summed E-state index contributed by atoms with van der Waals surface area (Å²) >= 11 is 5.72. The average molecular weight is 349 g/mol. The molecule has 6 nitrogen and oxygen atoms in total. The molecule has 1 aliphatic heterocycles. The van der Waals surface area contributed by atoms with Crippen LogP contribution in [0.5, 0.6) is 5.75 Å². The number of aliphatic carboxylic acids is 1. The molecule has 2 amide bonds. The average Bonchev–Trinajstić information content (AvgIpc) is 2.85. The standard InChI is InChI=1S/C14H15ClF2N2O4/c1-14(11(20)21)4-5-19(7-14)13(22)18-9-3-2-8(15)6-10(9)23-12(16)17/h2-3,6,12H,4-5,7H2,1H3,(H,18,22)(H,20,21). The van der Waals surface area contributed by atoms with Crippen molar-refractivity contribution in [3.8, 4) is 5.75 Å². The van der Waals surface area contributed by atoms with Gasteiger partial charge in [-0.15, -0.1) is 0 Å². The number of urea groups is 1. The Bertz CT molecular complexity index is 629. The first-order chi connectivity index (χ1) is 10.7. The van der Waals surface area contributed by atoms with Crippen LogP contribution in [0, 0.1) is 5.41 Å². The molecule has 1 aliphatic rings. The number of carbonyl (C=O) groups excluding carboxylic acids is 1. The summed E-state index contributed by atoms with van der Waals surface area (Å²) in [6.45, 7) is -1.22. The van der Waals surface area contributed by atoms with Crippen LogP contribution >= 0.6 is 11.6 Å². The summed E-state index contributed by atoms with van der Waals surface area (Å²) in [7, 11) is 0. The molecule has 0 saturated carbocycles. The van der Waals surface area contributed by atoms with E-state index in [4.69, 9.17) is 16.7 Å². The number of halogens is 3. The third-order valence-electron chi connectivity index (χ3n) is 3.68. The van der Waals surface area contributed by atoms with E-state index in [0.29, 0.717) is 6.42 Å². The highest BCUT2D eigenvalue weighted by Gasteiger charge is 2.42. The van der Waals surface area contributed by atoms with Crippen LogP contribution in [0.2, 0.25) is 5.02 Å². The molecule has 0 aromatic heterocycles. The van der Waals surface area contributed by atoms with Gasteiger partial charge in [-0.1, -0.05) is 11.6 Å². The molecule has 0 aliphatic carbocycles. The number of carbonyl (C=O) groups is 2. The number of benzene rings is 1. The van der Waals surface area contributed by atoms with Crippen molar-refractivity contribution in [2.24, 2.45) is 5.41 Å². The van der Waals surface area contributed by atoms with E-state index in [0.717, 1.165) is 6.07 Å². The minimum Gasteiger partial charge on any atom is -0.481 e. The number of alkyl halides is 2. The third kappa shape index (κ3) is 4.01. The minimum absolute atomic E-state index is 0.0311. The highest BCUT2D eigenvalue weighted by molar-refractivity contribution is 6.30. The molecular formula is C14H15ClF2N2O4. The van der Waals surface area contributed by atoms with E-state index in [1.165, 1.54) is 17.0 Å². The van der Waals surface area contributed by atoms with E-state index in [-0.39, 0.29) is 29.5 Å². The zero-order chi connectivity index (χ0) is 17.2. The highest BCUT2D eigenvalue weighted by Crippen LogP contribution is 2.33. The van der Waals surface area contributed by atoms with Crippen LogP contribution in [0.3, 0.4) is 0 Å².